The summed E-state index contributed by atoms with van der Waals surface area (Å²) in [5.74, 6) is 1.90. The van der Waals surface area contributed by atoms with Crippen LogP contribution < -0.4 is 11.1 Å². The molecule has 2 bridgehead atoms. The van der Waals surface area contributed by atoms with Crippen molar-refractivity contribution in [3.63, 3.8) is 0 Å². The van der Waals surface area contributed by atoms with E-state index in [9.17, 15) is 0 Å². The van der Waals surface area contributed by atoms with Gasteiger partial charge in [-0.05, 0) is 32.1 Å². The van der Waals surface area contributed by atoms with Crippen molar-refractivity contribution in [2.75, 3.05) is 26.2 Å². The molecule has 1 saturated carbocycles. The van der Waals surface area contributed by atoms with Gasteiger partial charge in [0, 0.05) is 44.5 Å². The molecule has 1 aliphatic carbocycles. The summed E-state index contributed by atoms with van der Waals surface area (Å²) in [6, 6.07) is 1.32. The normalized spacial score (nSPS) is 37.9. The largest absolute Gasteiger partial charge is 0.384 e. The summed E-state index contributed by atoms with van der Waals surface area (Å²) < 4.78 is 0. The van der Waals surface area contributed by atoms with Crippen molar-refractivity contribution in [1.82, 2.24) is 15.1 Å². The first-order valence-corrected chi connectivity index (χ1v) is 6.94. The fourth-order valence-electron chi connectivity index (χ4n) is 3.54. The highest BCUT2D eigenvalue weighted by Gasteiger charge is 2.36. The first kappa shape index (κ1) is 11.2. The molecule has 0 aromatic carbocycles. The number of nitrogens with two attached hydrogens (primary N) is 1. The second-order valence-electron chi connectivity index (χ2n) is 5.88. The Morgan fingerprint density at radius 2 is 2.24 bits per heavy atom. The molecule has 0 aromatic heterocycles. The molecule has 3 atom stereocenters. The van der Waals surface area contributed by atoms with Crippen molar-refractivity contribution < 1.29 is 0 Å². The van der Waals surface area contributed by atoms with E-state index in [1.165, 1.54) is 25.8 Å². The molecule has 4 heteroatoms. The second-order valence-corrected chi connectivity index (χ2v) is 5.88. The van der Waals surface area contributed by atoms with Gasteiger partial charge in [-0.3, -0.25) is 0 Å². The van der Waals surface area contributed by atoms with Crippen molar-refractivity contribution in [2.45, 2.75) is 38.3 Å². The number of likely N-dealkylation sites (tertiary alicyclic amines) is 1. The van der Waals surface area contributed by atoms with E-state index in [4.69, 9.17) is 5.73 Å². The minimum Gasteiger partial charge on any atom is -0.384 e. The number of piperidine rings is 1. The smallest absolute Gasteiger partial charge is 0.115 e. The van der Waals surface area contributed by atoms with Crippen LogP contribution >= 0.6 is 0 Å². The quantitative estimate of drug-likeness (QED) is 0.734. The van der Waals surface area contributed by atoms with Crippen LogP contribution in [0.25, 0.3) is 0 Å². The summed E-state index contributed by atoms with van der Waals surface area (Å²) in [4.78, 5) is 4.80. The Labute approximate surface area is 104 Å². The molecule has 4 nitrogen and oxygen atoms in total. The van der Waals surface area contributed by atoms with Gasteiger partial charge in [0.15, 0.2) is 0 Å². The van der Waals surface area contributed by atoms with Crippen LogP contribution in [0.3, 0.4) is 0 Å². The molecule has 96 valence electrons. The van der Waals surface area contributed by atoms with Crippen LogP contribution in [0.1, 0.15) is 26.2 Å². The van der Waals surface area contributed by atoms with E-state index in [1.54, 1.807) is 0 Å². The van der Waals surface area contributed by atoms with E-state index >= 15 is 0 Å². The van der Waals surface area contributed by atoms with E-state index in [2.05, 4.69) is 28.2 Å². The maximum absolute atomic E-state index is 6.24. The molecule has 17 heavy (non-hydrogen) atoms. The van der Waals surface area contributed by atoms with E-state index in [0.29, 0.717) is 6.04 Å². The number of hydrogen-bond donors (Lipinski definition) is 2. The standard InChI is InChI=1S/C13H24N4/c1-10-7-16(5-4-15-10)13(14)9-17-8-11-2-3-12(17)6-11/h9-12,15H,2-8,14H2,1H3/b13-9-/t10-,11?,12?/m0/s1. The van der Waals surface area contributed by atoms with Gasteiger partial charge in [-0.1, -0.05) is 0 Å². The highest BCUT2D eigenvalue weighted by molar-refractivity contribution is 5.04. The average Bonchev–Trinajstić information content (AvgIpc) is 2.91. The summed E-state index contributed by atoms with van der Waals surface area (Å²) in [5, 5.41) is 3.45. The molecule has 2 aliphatic heterocycles. The zero-order chi connectivity index (χ0) is 11.8. The Hall–Kier alpha value is -0.900. The maximum Gasteiger partial charge on any atom is 0.115 e. The summed E-state index contributed by atoms with van der Waals surface area (Å²) >= 11 is 0. The molecular weight excluding hydrogens is 212 g/mol. The van der Waals surface area contributed by atoms with Crippen molar-refractivity contribution >= 4 is 0 Å². The fourth-order valence-corrected chi connectivity index (χ4v) is 3.54. The van der Waals surface area contributed by atoms with Gasteiger partial charge in [-0.15, -0.1) is 0 Å². The van der Waals surface area contributed by atoms with Gasteiger partial charge >= 0.3 is 0 Å². The third-order valence-electron chi connectivity index (χ3n) is 4.48. The van der Waals surface area contributed by atoms with Crippen molar-refractivity contribution in [2.24, 2.45) is 11.7 Å². The summed E-state index contributed by atoms with van der Waals surface area (Å²) in [7, 11) is 0. The molecule has 0 radical (unpaired) electrons. The van der Waals surface area contributed by atoms with Crippen LogP contribution in [0, 0.1) is 5.92 Å². The van der Waals surface area contributed by atoms with Crippen LogP contribution in [0.15, 0.2) is 12.0 Å². The number of piperazine rings is 1. The molecule has 0 aromatic rings. The van der Waals surface area contributed by atoms with Gasteiger partial charge in [0.2, 0.25) is 0 Å². The SMILES string of the molecule is C[C@H]1CN(/C(N)=C\N2CC3CCC2C3)CCN1. The molecule has 0 spiro atoms. The molecule has 2 unspecified atom stereocenters. The Kier molecular flexibility index (Phi) is 2.90. The van der Waals surface area contributed by atoms with Crippen molar-refractivity contribution in [3.05, 3.63) is 12.0 Å². The summed E-state index contributed by atoms with van der Waals surface area (Å²) in [6.45, 7) is 6.56. The second kappa shape index (κ2) is 4.41. The Bertz CT molecular complexity index is 315. The van der Waals surface area contributed by atoms with Gasteiger partial charge in [0.05, 0.1) is 0 Å². The highest BCUT2D eigenvalue weighted by Crippen LogP contribution is 2.37. The van der Waals surface area contributed by atoms with E-state index in [0.717, 1.165) is 37.4 Å². The zero-order valence-electron chi connectivity index (χ0n) is 10.7. The van der Waals surface area contributed by atoms with Crippen LogP contribution in [-0.2, 0) is 0 Å². The lowest BCUT2D eigenvalue weighted by Gasteiger charge is -2.35. The molecular formula is C13H24N4. The molecule has 3 fully saturated rings. The van der Waals surface area contributed by atoms with Crippen LogP contribution in [0.4, 0.5) is 0 Å². The number of nitrogens with zero attached hydrogens (tertiary/aromatic N) is 2. The lowest BCUT2D eigenvalue weighted by molar-refractivity contribution is 0.236. The zero-order valence-corrected chi connectivity index (χ0v) is 10.7. The van der Waals surface area contributed by atoms with Gasteiger partial charge in [0.1, 0.15) is 5.82 Å². The highest BCUT2D eigenvalue weighted by atomic mass is 15.3. The lowest BCUT2D eigenvalue weighted by Crippen LogP contribution is -2.50. The van der Waals surface area contributed by atoms with Gasteiger partial charge < -0.3 is 20.9 Å². The predicted octanol–water partition coefficient (Wildman–Crippen LogP) is 0.522. The van der Waals surface area contributed by atoms with Crippen LogP contribution in [-0.4, -0.2) is 48.1 Å². The molecule has 3 rings (SSSR count). The number of nitrogens with one attached hydrogen (secondary N) is 1. The number of fused-ring (bicyclic) bond motifs is 2. The molecule has 2 saturated heterocycles. The minimum atomic E-state index is 0.547. The summed E-state index contributed by atoms with van der Waals surface area (Å²) in [6.07, 6.45) is 6.40. The van der Waals surface area contributed by atoms with Crippen molar-refractivity contribution in [1.29, 1.82) is 0 Å². The minimum absolute atomic E-state index is 0.547. The van der Waals surface area contributed by atoms with Crippen LogP contribution in [0.5, 0.6) is 0 Å². The third-order valence-corrected chi connectivity index (χ3v) is 4.48. The van der Waals surface area contributed by atoms with E-state index < -0.39 is 0 Å². The van der Waals surface area contributed by atoms with E-state index in [1.807, 2.05) is 0 Å². The van der Waals surface area contributed by atoms with E-state index in [-0.39, 0.29) is 0 Å². The van der Waals surface area contributed by atoms with Gasteiger partial charge in [-0.2, -0.15) is 0 Å². The summed E-state index contributed by atoms with van der Waals surface area (Å²) in [5.41, 5.74) is 6.24. The van der Waals surface area contributed by atoms with Gasteiger partial charge in [0.25, 0.3) is 0 Å². The fraction of sp³-hybridized carbons (Fsp3) is 0.846. The Morgan fingerprint density at radius 1 is 1.35 bits per heavy atom. The number of hydrogen-bond acceptors (Lipinski definition) is 4. The molecule has 0 amide bonds. The molecule has 3 N–H and O–H groups in total. The monoisotopic (exact) mass is 236 g/mol. The average molecular weight is 236 g/mol. The lowest BCUT2D eigenvalue weighted by atomic mass is 10.1. The Balaban J connectivity index is 1.63. The van der Waals surface area contributed by atoms with Crippen molar-refractivity contribution in [3.8, 4) is 0 Å². The van der Waals surface area contributed by atoms with Gasteiger partial charge in [-0.25, -0.2) is 0 Å². The molecule has 3 aliphatic rings. The maximum atomic E-state index is 6.24. The first-order valence-electron chi connectivity index (χ1n) is 6.94. The number of rotatable bonds is 2. The molecule has 2 heterocycles. The third kappa shape index (κ3) is 2.23. The Morgan fingerprint density at radius 3 is 2.88 bits per heavy atom. The van der Waals surface area contributed by atoms with Crippen LogP contribution in [0.2, 0.25) is 0 Å². The topological polar surface area (TPSA) is 44.5 Å². The predicted molar refractivity (Wildman–Crippen MR) is 69.1 cm³/mol. The first-order chi connectivity index (χ1) is 8.22.